The van der Waals surface area contributed by atoms with E-state index in [2.05, 4.69) is 10.3 Å². The third kappa shape index (κ3) is 3.03. The summed E-state index contributed by atoms with van der Waals surface area (Å²) in [6, 6.07) is 11.2. The second-order valence-corrected chi connectivity index (χ2v) is 6.74. The molecule has 1 atom stereocenters. The quantitative estimate of drug-likeness (QED) is 0.684. The molecule has 0 bridgehead atoms. The monoisotopic (exact) mass is 372 g/mol. The van der Waals surface area contributed by atoms with Gasteiger partial charge in [-0.25, -0.2) is 0 Å². The molecular formula is C19H14Cl2N2O2. The van der Waals surface area contributed by atoms with Gasteiger partial charge in [0.15, 0.2) is 0 Å². The number of carbonyl (C=O) groups is 1. The summed E-state index contributed by atoms with van der Waals surface area (Å²) in [7, 11) is 0. The Labute approximate surface area is 154 Å². The molecule has 25 heavy (non-hydrogen) atoms. The van der Waals surface area contributed by atoms with E-state index in [1.54, 1.807) is 24.5 Å². The molecule has 0 fully saturated rings. The van der Waals surface area contributed by atoms with Gasteiger partial charge in [0.05, 0.1) is 29.4 Å². The fraction of sp³-hybridized carbons (Fsp3) is 0.158. The Morgan fingerprint density at radius 2 is 2.04 bits per heavy atom. The van der Waals surface area contributed by atoms with E-state index >= 15 is 0 Å². The molecular weight excluding hydrogens is 359 g/mol. The van der Waals surface area contributed by atoms with Crippen LogP contribution in [0.2, 0.25) is 10.0 Å². The fourth-order valence-corrected chi connectivity index (χ4v) is 3.70. The fourth-order valence-electron chi connectivity index (χ4n) is 3.13. The van der Waals surface area contributed by atoms with Gasteiger partial charge in [0.25, 0.3) is 0 Å². The number of benzene rings is 2. The molecule has 6 heteroatoms. The molecule has 2 heterocycles. The highest BCUT2D eigenvalue weighted by Gasteiger charge is 2.30. The maximum absolute atomic E-state index is 12.9. The summed E-state index contributed by atoms with van der Waals surface area (Å²) in [6.45, 7) is 0.431. The lowest BCUT2D eigenvalue weighted by molar-refractivity contribution is -0.118. The first-order chi connectivity index (χ1) is 12.1. The predicted molar refractivity (Wildman–Crippen MR) is 99.7 cm³/mol. The zero-order valence-electron chi connectivity index (χ0n) is 13.1. The molecule has 0 unspecified atom stereocenters. The van der Waals surface area contributed by atoms with Crippen molar-refractivity contribution < 1.29 is 9.53 Å². The first-order valence-electron chi connectivity index (χ1n) is 7.89. The molecule has 0 radical (unpaired) electrons. The van der Waals surface area contributed by atoms with Crippen LogP contribution >= 0.6 is 23.2 Å². The number of fused-ring (bicyclic) bond motifs is 2. The SMILES string of the molecule is O=C(Nc1cncc2ccccc12)[C@@H]1CCOc2c(Cl)cc(Cl)cc21. The van der Waals surface area contributed by atoms with Gasteiger partial charge in [0.1, 0.15) is 5.75 Å². The molecule has 0 aliphatic carbocycles. The van der Waals surface area contributed by atoms with Crippen LogP contribution in [-0.4, -0.2) is 17.5 Å². The van der Waals surface area contributed by atoms with Gasteiger partial charge in [-0.1, -0.05) is 47.5 Å². The van der Waals surface area contributed by atoms with E-state index in [9.17, 15) is 4.79 Å². The molecule has 1 aromatic heterocycles. The Hall–Kier alpha value is -2.30. The average molecular weight is 373 g/mol. The smallest absolute Gasteiger partial charge is 0.232 e. The summed E-state index contributed by atoms with van der Waals surface area (Å²) >= 11 is 12.3. The molecule has 0 saturated carbocycles. The molecule has 1 aliphatic heterocycles. The normalized spacial score (nSPS) is 16.2. The van der Waals surface area contributed by atoms with Gasteiger partial charge < -0.3 is 10.1 Å². The van der Waals surface area contributed by atoms with Crippen LogP contribution < -0.4 is 10.1 Å². The Balaban J connectivity index is 1.69. The van der Waals surface area contributed by atoms with Crippen molar-refractivity contribution in [2.75, 3.05) is 11.9 Å². The first kappa shape index (κ1) is 16.2. The molecule has 126 valence electrons. The number of halogens is 2. The van der Waals surface area contributed by atoms with E-state index < -0.39 is 0 Å². The number of pyridine rings is 1. The topological polar surface area (TPSA) is 51.2 Å². The van der Waals surface area contributed by atoms with Gasteiger partial charge in [0.2, 0.25) is 5.91 Å². The van der Waals surface area contributed by atoms with Crippen LogP contribution in [0.15, 0.2) is 48.8 Å². The number of nitrogens with one attached hydrogen (secondary N) is 1. The number of ether oxygens (including phenoxy) is 1. The highest BCUT2D eigenvalue weighted by atomic mass is 35.5. The number of carbonyl (C=O) groups excluding carboxylic acids is 1. The van der Waals surface area contributed by atoms with Crippen molar-refractivity contribution in [1.82, 2.24) is 4.98 Å². The van der Waals surface area contributed by atoms with E-state index in [4.69, 9.17) is 27.9 Å². The molecule has 1 aliphatic rings. The largest absolute Gasteiger partial charge is 0.492 e. The second-order valence-electron chi connectivity index (χ2n) is 5.89. The molecule has 4 nitrogen and oxygen atoms in total. The standard InChI is InChI=1S/C19H14Cl2N2O2/c20-12-7-15-14(5-6-25-18(15)16(21)8-12)19(24)23-17-10-22-9-11-3-1-2-4-13(11)17/h1-4,7-10,14H,5-6H2,(H,23,24)/t14-/m1/s1. The Morgan fingerprint density at radius 3 is 2.92 bits per heavy atom. The van der Waals surface area contributed by atoms with Crippen molar-refractivity contribution in [2.24, 2.45) is 0 Å². The zero-order chi connectivity index (χ0) is 17.4. The lowest BCUT2D eigenvalue weighted by atomic mass is 9.92. The number of nitrogens with zero attached hydrogens (tertiary/aromatic N) is 1. The van der Waals surface area contributed by atoms with Gasteiger partial charge in [-0.05, 0) is 18.6 Å². The van der Waals surface area contributed by atoms with Crippen LogP contribution in [0.5, 0.6) is 5.75 Å². The predicted octanol–water partition coefficient (Wildman–Crippen LogP) is 5.05. The Kier molecular flexibility index (Phi) is 4.24. The Morgan fingerprint density at radius 1 is 1.20 bits per heavy atom. The minimum atomic E-state index is -0.376. The molecule has 4 rings (SSSR count). The van der Waals surface area contributed by atoms with Gasteiger partial charge in [-0.3, -0.25) is 9.78 Å². The van der Waals surface area contributed by atoms with Gasteiger partial charge in [0, 0.05) is 27.6 Å². The highest BCUT2D eigenvalue weighted by molar-refractivity contribution is 6.35. The number of hydrogen-bond donors (Lipinski definition) is 1. The number of amides is 1. The van der Waals surface area contributed by atoms with Crippen molar-refractivity contribution >= 4 is 45.6 Å². The van der Waals surface area contributed by atoms with Crippen LogP contribution in [0, 0.1) is 0 Å². The van der Waals surface area contributed by atoms with E-state index in [1.807, 2.05) is 24.3 Å². The average Bonchev–Trinajstić information content (AvgIpc) is 2.61. The second kappa shape index (κ2) is 6.54. The summed E-state index contributed by atoms with van der Waals surface area (Å²) in [6.07, 6.45) is 3.99. The molecule has 1 amide bonds. The van der Waals surface area contributed by atoms with E-state index in [0.717, 1.165) is 16.3 Å². The third-order valence-electron chi connectivity index (χ3n) is 4.31. The molecule has 0 saturated heterocycles. The lowest BCUT2D eigenvalue weighted by Crippen LogP contribution is -2.26. The molecule has 0 spiro atoms. The highest BCUT2D eigenvalue weighted by Crippen LogP contribution is 2.41. The number of hydrogen-bond acceptors (Lipinski definition) is 3. The summed E-state index contributed by atoms with van der Waals surface area (Å²) < 4.78 is 5.63. The third-order valence-corrected chi connectivity index (χ3v) is 4.81. The Bertz CT molecular complexity index is 970. The van der Waals surface area contributed by atoms with Gasteiger partial charge in [-0.15, -0.1) is 0 Å². The van der Waals surface area contributed by atoms with E-state index in [0.29, 0.717) is 34.5 Å². The summed E-state index contributed by atoms with van der Waals surface area (Å²) in [4.78, 5) is 17.1. The van der Waals surface area contributed by atoms with Crippen LogP contribution in [0.25, 0.3) is 10.8 Å². The van der Waals surface area contributed by atoms with Crippen molar-refractivity contribution in [3.8, 4) is 5.75 Å². The summed E-state index contributed by atoms with van der Waals surface area (Å²) in [5, 5.41) is 5.82. The maximum Gasteiger partial charge on any atom is 0.232 e. The van der Waals surface area contributed by atoms with Crippen molar-refractivity contribution in [1.29, 1.82) is 0 Å². The van der Waals surface area contributed by atoms with Gasteiger partial charge in [-0.2, -0.15) is 0 Å². The summed E-state index contributed by atoms with van der Waals surface area (Å²) in [5.74, 6) is 0.0356. The lowest BCUT2D eigenvalue weighted by Gasteiger charge is -2.26. The van der Waals surface area contributed by atoms with Crippen molar-refractivity contribution in [2.45, 2.75) is 12.3 Å². The number of aromatic nitrogens is 1. The number of anilines is 1. The van der Waals surface area contributed by atoms with Crippen LogP contribution in [-0.2, 0) is 4.79 Å². The number of rotatable bonds is 2. The van der Waals surface area contributed by atoms with Gasteiger partial charge >= 0.3 is 0 Å². The van der Waals surface area contributed by atoms with E-state index in [-0.39, 0.29) is 11.8 Å². The van der Waals surface area contributed by atoms with Crippen molar-refractivity contribution in [3.05, 3.63) is 64.4 Å². The van der Waals surface area contributed by atoms with Crippen molar-refractivity contribution in [3.63, 3.8) is 0 Å². The molecule has 2 aromatic carbocycles. The van der Waals surface area contributed by atoms with Crippen LogP contribution in [0.4, 0.5) is 5.69 Å². The summed E-state index contributed by atoms with van der Waals surface area (Å²) in [5.41, 5.74) is 1.40. The first-order valence-corrected chi connectivity index (χ1v) is 8.64. The van der Waals surface area contributed by atoms with Crippen LogP contribution in [0.1, 0.15) is 17.9 Å². The maximum atomic E-state index is 12.9. The minimum Gasteiger partial charge on any atom is -0.492 e. The van der Waals surface area contributed by atoms with E-state index in [1.165, 1.54) is 0 Å². The minimum absolute atomic E-state index is 0.124. The molecule has 1 N–H and O–H groups in total. The van der Waals surface area contributed by atoms with Crippen LogP contribution in [0.3, 0.4) is 0 Å². The zero-order valence-corrected chi connectivity index (χ0v) is 14.6. The molecule has 3 aromatic rings.